The molecule has 0 fully saturated rings. The maximum Gasteiger partial charge on any atom is 0.0991 e. The normalized spacial score (nSPS) is 11.1. The summed E-state index contributed by atoms with van der Waals surface area (Å²) in [6.45, 7) is 8.48. The molecule has 0 aliphatic carbocycles. The molecule has 2 rings (SSSR count). The molecule has 0 bridgehead atoms. The van der Waals surface area contributed by atoms with Crippen molar-refractivity contribution in [2.75, 3.05) is 0 Å². The molecule has 0 atom stereocenters. The van der Waals surface area contributed by atoms with Crippen molar-refractivity contribution in [1.82, 2.24) is 4.98 Å². The standard InChI is InChI=1S/C17H18N2/c1-12-8-15(10-16(19-12)17(2,3)4)14-7-5-6-13(9-14)11-18/h5-10H,1-4H3. The van der Waals surface area contributed by atoms with Gasteiger partial charge in [-0.2, -0.15) is 5.26 Å². The van der Waals surface area contributed by atoms with Crippen LogP contribution in [0, 0.1) is 18.3 Å². The molecule has 1 aromatic carbocycles. The largest absolute Gasteiger partial charge is 0.258 e. The molecule has 0 amide bonds. The van der Waals surface area contributed by atoms with Crippen LogP contribution in [-0.4, -0.2) is 4.98 Å². The third kappa shape index (κ3) is 3.00. The first-order valence-electron chi connectivity index (χ1n) is 6.40. The second-order valence-corrected chi connectivity index (χ2v) is 5.83. The first kappa shape index (κ1) is 13.3. The van der Waals surface area contributed by atoms with E-state index in [4.69, 9.17) is 5.26 Å². The van der Waals surface area contributed by atoms with E-state index in [1.54, 1.807) is 0 Å². The fourth-order valence-corrected chi connectivity index (χ4v) is 1.99. The van der Waals surface area contributed by atoms with Crippen molar-refractivity contribution in [3.05, 3.63) is 53.3 Å². The lowest BCUT2D eigenvalue weighted by molar-refractivity contribution is 0.567. The van der Waals surface area contributed by atoms with E-state index in [1.165, 1.54) is 0 Å². The fraction of sp³-hybridized carbons (Fsp3) is 0.294. The molecule has 0 N–H and O–H groups in total. The minimum Gasteiger partial charge on any atom is -0.258 e. The lowest BCUT2D eigenvalue weighted by Gasteiger charge is -2.19. The molecule has 0 spiro atoms. The van der Waals surface area contributed by atoms with Gasteiger partial charge in [-0.15, -0.1) is 0 Å². The molecule has 0 radical (unpaired) electrons. The van der Waals surface area contributed by atoms with Crippen LogP contribution in [0.1, 0.15) is 37.7 Å². The molecule has 0 saturated carbocycles. The molecular weight excluding hydrogens is 232 g/mol. The Morgan fingerprint density at radius 1 is 1.05 bits per heavy atom. The van der Waals surface area contributed by atoms with Crippen molar-refractivity contribution in [1.29, 1.82) is 5.26 Å². The third-order valence-corrected chi connectivity index (χ3v) is 3.05. The Hall–Kier alpha value is -2.14. The number of hydrogen-bond acceptors (Lipinski definition) is 2. The van der Waals surface area contributed by atoms with E-state index in [0.717, 1.165) is 22.5 Å². The van der Waals surface area contributed by atoms with E-state index < -0.39 is 0 Å². The van der Waals surface area contributed by atoms with E-state index in [-0.39, 0.29) is 5.41 Å². The lowest BCUT2D eigenvalue weighted by atomic mass is 9.89. The molecular formula is C17H18N2. The molecule has 2 nitrogen and oxygen atoms in total. The smallest absolute Gasteiger partial charge is 0.0991 e. The Labute approximate surface area is 114 Å². The minimum atomic E-state index is 0.0214. The van der Waals surface area contributed by atoms with Crippen LogP contribution < -0.4 is 0 Å². The summed E-state index contributed by atoms with van der Waals surface area (Å²) in [5.74, 6) is 0. The maximum absolute atomic E-state index is 8.99. The van der Waals surface area contributed by atoms with Crippen LogP contribution in [-0.2, 0) is 5.41 Å². The van der Waals surface area contributed by atoms with Gasteiger partial charge < -0.3 is 0 Å². The monoisotopic (exact) mass is 250 g/mol. The van der Waals surface area contributed by atoms with Gasteiger partial charge in [0.1, 0.15) is 0 Å². The summed E-state index contributed by atoms with van der Waals surface area (Å²) < 4.78 is 0. The highest BCUT2D eigenvalue weighted by atomic mass is 14.7. The molecule has 96 valence electrons. The summed E-state index contributed by atoms with van der Waals surface area (Å²) in [6.07, 6.45) is 0. The van der Waals surface area contributed by atoms with Crippen LogP contribution in [0.2, 0.25) is 0 Å². The summed E-state index contributed by atoms with van der Waals surface area (Å²) in [7, 11) is 0. The molecule has 0 unspecified atom stereocenters. The van der Waals surface area contributed by atoms with Crippen LogP contribution in [0.3, 0.4) is 0 Å². The fourth-order valence-electron chi connectivity index (χ4n) is 1.99. The number of hydrogen-bond donors (Lipinski definition) is 0. The number of aryl methyl sites for hydroxylation is 1. The Kier molecular flexibility index (Phi) is 3.40. The van der Waals surface area contributed by atoms with Crippen LogP contribution in [0.4, 0.5) is 0 Å². The predicted octanol–water partition coefficient (Wildman–Crippen LogP) is 4.23. The number of nitriles is 1. The molecule has 0 aliphatic heterocycles. The first-order valence-corrected chi connectivity index (χ1v) is 6.40. The number of aromatic nitrogens is 1. The molecule has 19 heavy (non-hydrogen) atoms. The van der Waals surface area contributed by atoms with Crippen LogP contribution in [0.25, 0.3) is 11.1 Å². The zero-order valence-corrected chi connectivity index (χ0v) is 11.9. The number of benzene rings is 1. The number of rotatable bonds is 1. The summed E-state index contributed by atoms with van der Waals surface area (Å²) in [6, 6.07) is 14.0. The van der Waals surface area contributed by atoms with Crippen molar-refractivity contribution in [2.45, 2.75) is 33.1 Å². The van der Waals surface area contributed by atoms with Gasteiger partial charge in [-0.05, 0) is 42.3 Å². The Bertz CT molecular complexity index is 643. The molecule has 2 aromatic rings. The van der Waals surface area contributed by atoms with E-state index in [9.17, 15) is 0 Å². The maximum atomic E-state index is 8.99. The van der Waals surface area contributed by atoms with Gasteiger partial charge in [-0.3, -0.25) is 4.98 Å². The summed E-state index contributed by atoms with van der Waals surface area (Å²) in [5, 5.41) is 8.99. The summed E-state index contributed by atoms with van der Waals surface area (Å²) >= 11 is 0. The first-order chi connectivity index (χ1) is 8.90. The average Bonchev–Trinajstić information content (AvgIpc) is 2.37. The third-order valence-electron chi connectivity index (χ3n) is 3.05. The van der Waals surface area contributed by atoms with Gasteiger partial charge in [0.15, 0.2) is 0 Å². The van der Waals surface area contributed by atoms with Crippen molar-refractivity contribution >= 4 is 0 Å². The van der Waals surface area contributed by atoms with Crippen LogP contribution in [0.15, 0.2) is 36.4 Å². The van der Waals surface area contributed by atoms with Crippen molar-refractivity contribution < 1.29 is 0 Å². The van der Waals surface area contributed by atoms with Gasteiger partial charge in [-0.25, -0.2) is 0 Å². The summed E-state index contributed by atoms with van der Waals surface area (Å²) in [5.41, 5.74) is 4.97. The van der Waals surface area contributed by atoms with Gasteiger partial charge >= 0.3 is 0 Å². The van der Waals surface area contributed by atoms with Crippen LogP contribution in [0.5, 0.6) is 0 Å². The van der Waals surface area contributed by atoms with Gasteiger partial charge in [0.05, 0.1) is 11.6 Å². The highest BCUT2D eigenvalue weighted by Gasteiger charge is 2.16. The average molecular weight is 250 g/mol. The Morgan fingerprint density at radius 2 is 1.79 bits per heavy atom. The van der Waals surface area contributed by atoms with E-state index in [2.05, 4.69) is 44.0 Å². The second-order valence-electron chi connectivity index (χ2n) is 5.83. The molecule has 0 saturated heterocycles. The topological polar surface area (TPSA) is 36.7 Å². The highest BCUT2D eigenvalue weighted by Crippen LogP contribution is 2.27. The number of pyridine rings is 1. The van der Waals surface area contributed by atoms with Crippen molar-refractivity contribution in [2.24, 2.45) is 0 Å². The van der Waals surface area contributed by atoms with Gasteiger partial charge in [0.2, 0.25) is 0 Å². The van der Waals surface area contributed by atoms with E-state index >= 15 is 0 Å². The van der Waals surface area contributed by atoms with Crippen molar-refractivity contribution in [3.8, 4) is 17.2 Å². The highest BCUT2D eigenvalue weighted by molar-refractivity contribution is 5.66. The molecule has 0 aliphatic rings. The van der Waals surface area contributed by atoms with E-state index in [1.807, 2.05) is 31.2 Å². The van der Waals surface area contributed by atoms with E-state index in [0.29, 0.717) is 5.56 Å². The Morgan fingerprint density at radius 3 is 2.42 bits per heavy atom. The quantitative estimate of drug-likeness (QED) is 0.759. The van der Waals surface area contributed by atoms with Crippen molar-refractivity contribution in [3.63, 3.8) is 0 Å². The molecule has 1 aromatic heterocycles. The Balaban J connectivity index is 2.57. The molecule has 2 heteroatoms. The zero-order chi connectivity index (χ0) is 14.0. The number of nitrogens with zero attached hydrogens (tertiary/aromatic N) is 2. The zero-order valence-electron chi connectivity index (χ0n) is 11.9. The van der Waals surface area contributed by atoms with Crippen LogP contribution >= 0.6 is 0 Å². The van der Waals surface area contributed by atoms with Gasteiger partial charge in [-0.1, -0.05) is 32.9 Å². The SMILES string of the molecule is Cc1cc(-c2cccc(C#N)c2)cc(C(C)(C)C)n1. The summed E-state index contributed by atoms with van der Waals surface area (Å²) in [4.78, 5) is 4.61. The van der Waals surface area contributed by atoms with Gasteiger partial charge in [0.25, 0.3) is 0 Å². The second kappa shape index (κ2) is 4.85. The minimum absolute atomic E-state index is 0.0214. The van der Waals surface area contributed by atoms with Gasteiger partial charge in [0, 0.05) is 16.8 Å². The lowest BCUT2D eigenvalue weighted by Crippen LogP contribution is -2.14. The molecule has 1 heterocycles. The predicted molar refractivity (Wildman–Crippen MR) is 77.8 cm³/mol.